The summed E-state index contributed by atoms with van der Waals surface area (Å²) in [5.41, 5.74) is 5.25. The Hall–Kier alpha value is -2.60. The van der Waals surface area contributed by atoms with E-state index in [0.717, 1.165) is 86.0 Å². The Bertz CT molecular complexity index is 933. The van der Waals surface area contributed by atoms with Gasteiger partial charge in [-0.25, -0.2) is 4.98 Å². The Morgan fingerprint density at radius 3 is 2.73 bits per heavy atom. The van der Waals surface area contributed by atoms with E-state index in [1.807, 2.05) is 11.1 Å². The molecule has 0 atom stereocenters. The van der Waals surface area contributed by atoms with Crippen molar-refractivity contribution in [1.29, 1.82) is 0 Å². The summed E-state index contributed by atoms with van der Waals surface area (Å²) in [5, 5.41) is 3.50. The third-order valence-corrected chi connectivity index (χ3v) is 6.55. The Morgan fingerprint density at radius 1 is 1.13 bits per heavy atom. The minimum Gasteiger partial charge on any atom is -0.378 e. The van der Waals surface area contributed by atoms with Crippen molar-refractivity contribution in [2.45, 2.75) is 45.6 Å². The van der Waals surface area contributed by atoms with Gasteiger partial charge in [0.25, 0.3) is 0 Å². The van der Waals surface area contributed by atoms with Gasteiger partial charge >= 0.3 is 0 Å². The van der Waals surface area contributed by atoms with Crippen LogP contribution in [0.15, 0.2) is 30.5 Å². The Morgan fingerprint density at radius 2 is 1.93 bits per heavy atom. The fraction of sp³-hybridized carbons (Fsp3) is 0.500. The molecule has 6 nitrogen and oxygen atoms in total. The van der Waals surface area contributed by atoms with Crippen molar-refractivity contribution in [1.82, 2.24) is 4.98 Å². The molecular formula is C24H30N4O2. The van der Waals surface area contributed by atoms with Gasteiger partial charge in [0, 0.05) is 36.5 Å². The van der Waals surface area contributed by atoms with Crippen LogP contribution in [0.4, 0.5) is 22.9 Å². The minimum absolute atomic E-state index is 0.123. The number of hydrogen-bond donors (Lipinski definition) is 1. The van der Waals surface area contributed by atoms with Gasteiger partial charge in [0.2, 0.25) is 5.91 Å². The first-order valence-corrected chi connectivity index (χ1v) is 11.2. The third-order valence-electron chi connectivity index (χ3n) is 6.55. The summed E-state index contributed by atoms with van der Waals surface area (Å²) >= 11 is 0. The van der Waals surface area contributed by atoms with E-state index < -0.39 is 0 Å². The van der Waals surface area contributed by atoms with Crippen molar-refractivity contribution in [2.24, 2.45) is 5.92 Å². The van der Waals surface area contributed by atoms with E-state index in [-0.39, 0.29) is 11.8 Å². The summed E-state index contributed by atoms with van der Waals surface area (Å²) in [5.74, 6) is 1.23. The molecule has 1 aliphatic carbocycles. The number of amides is 1. The summed E-state index contributed by atoms with van der Waals surface area (Å²) in [6.07, 6.45) is 7.43. The number of benzene rings is 1. The number of nitrogens with zero attached hydrogens (tertiary/aromatic N) is 3. The average Bonchev–Trinajstić information content (AvgIpc) is 2.95. The van der Waals surface area contributed by atoms with Crippen molar-refractivity contribution in [2.75, 3.05) is 41.4 Å². The largest absolute Gasteiger partial charge is 0.378 e. The molecule has 1 saturated heterocycles. The Balaban J connectivity index is 1.55. The SMILES string of the molecule is Cc1cnc2c(c1)CN(C(=O)C1CCCCC1)c1cc(N3CCOCC3)ccc1N2. The smallest absolute Gasteiger partial charge is 0.230 e. The lowest BCUT2D eigenvalue weighted by Gasteiger charge is -2.32. The second-order valence-corrected chi connectivity index (χ2v) is 8.71. The molecule has 5 rings (SSSR count). The normalized spacial score (nSPS) is 19.5. The molecule has 30 heavy (non-hydrogen) atoms. The summed E-state index contributed by atoms with van der Waals surface area (Å²) in [7, 11) is 0. The van der Waals surface area contributed by atoms with Crippen LogP contribution in [0.5, 0.6) is 0 Å². The minimum atomic E-state index is 0.123. The summed E-state index contributed by atoms with van der Waals surface area (Å²) in [6.45, 7) is 5.86. The fourth-order valence-electron chi connectivity index (χ4n) is 4.88. The molecule has 0 unspecified atom stereocenters. The number of carbonyl (C=O) groups is 1. The standard InChI is InChI=1S/C24H30N4O2/c1-17-13-19-16-28(24(29)18-5-3-2-4-6-18)22-14-20(27-9-11-30-12-10-27)7-8-21(22)26-23(19)25-15-17/h7-8,13-15,18H,2-6,9-12,16H2,1H3,(H,25,26). The predicted octanol–water partition coefficient (Wildman–Crippen LogP) is 4.40. The number of rotatable bonds is 2. The van der Waals surface area contributed by atoms with Crippen LogP contribution in [0.1, 0.15) is 43.2 Å². The molecule has 6 heteroatoms. The second-order valence-electron chi connectivity index (χ2n) is 8.71. The van der Waals surface area contributed by atoms with Crippen molar-refractivity contribution in [3.05, 3.63) is 41.6 Å². The van der Waals surface area contributed by atoms with Crippen LogP contribution in [-0.2, 0) is 16.1 Å². The number of carbonyl (C=O) groups excluding carboxylic acids is 1. The highest BCUT2D eigenvalue weighted by Crippen LogP contribution is 2.39. The van der Waals surface area contributed by atoms with Crippen LogP contribution in [0.25, 0.3) is 0 Å². The number of anilines is 4. The summed E-state index contributed by atoms with van der Waals surface area (Å²) in [4.78, 5) is 22.7. The van der Waals surface area contributed by atoms with E-state index >= 15 is 0 Å². The molecule has 2 aromatic rings. The fourth-order valence-corrected chi connectivity index (χ4v) is 4.88. The van der Waals surface area contributed by atoms with Gasteiger partial charge in [-0.1, -0.05) is 19.3 Å². The highest BCUT2D eigenvalue weighted by molar-refractivity contribution is 6.00. The van der Waals surface area contributed by atoms with Crippen molar-refractivity contribution < 1.29 is 9.53 Å². The van der Waals surface area contributed by atoms with E-state index in [0.29, 0.717) is 6.54 Å². The topological polar surface area (TPSA) is 57.7 Å². The van der Waals surface area contributed by atoms with Gasteiger partial charge in [-0.15, -0.1) is 0 Å². The number of morpholine rings is 1. The molecule has 3 heterocycles. The first-order chi connectivity index (χ1) is 14.7. The Kier molecular flexibility index (Phi) is 5.34. The molecule has 1 N–H and O–H groups in total. The number of ether oxygens (including phenoxy) is 1. The second kappa shape index (κ2) is 8.26. The maximum atomic E-state index is 13.7. The molecule has 1 amide bonds. The monoisotopic (exact) mass is 406 g/mol. The number of nitrogens with one attached hydrogen (secondary N) is 1. The summed E-state index contributed by atoms with van der Waals surface area (Å²) in [6, 6.07) is 8.55. The van der Waals surface area contributed by atoms with Gasteiger partial charge in [-0.05, 0) is 49.6 Å². The first-order valence-electron chi connectivity index (χ1n) is 11.2. The quantitative estimate of drug-likeness (QED) is 0.801. The van der Waals surface area contributed by atoms with Crippen LogP contribution in [0.3, 0.4) is 0 Å². The molecule has 0 spiro atoms. The lowest BCUT2D eigenvalue weighted by atomic mass is 9.88. The molecule has 0 radical (unpaired) electrons. The number of aromatic nitrogens is 1. The maximum Gasteiger partial charge on any atom is 0.230 e. The summed E-state index contributed by atoms with van der Waals surface area (Å²) < 4.78 is 5.52. The number of pyridine rings is 1. The van der Waals surface area contributed by atoms with E-state index in [2.05, 4.69) is 46.4 Å². The molecule has 2 fully saturated rings. The molecule has 1 aromatic carbocycles. The highest BCUT2D eigenvalue weighted by atomic mass is 16.5. The van der Waals surface area contributed by atoms with Gasteiger partial charge in [-0.3, -0.25) is 4.79 Å². The molecule has 2 aliphatic heterocycles. The van der Waals surface area contributed by atoms with Gasteiger partial charge in [0.15, 0.2) is 0 Å². The zero-order valence-corrected chi connectivity index (χ0v) is 17.7. The molecule has 0 bridgehead atoms. The molecule has 1 aromatic heterocycles. The molecule has 3 aliphatic rings. The van der Waals surface area contributed by atoms with Crippen LogP contribution in [-0.4, -0.2) is 37.2 Å². The van der Waals surface area contributed by atoms with E-state index in [9.17, 15) is 4.79 Å². The predicted molar refractivity (Wildman–Crippen MR) is 119 cm³/mol. The van der Waals surface area contributed by atoms with Crippen molar-refractivity contribution in [3.8, 4) is 0 Å². The zero-order valence-electron chi connectivity index (χ0n) is 17.7. The lowest BCUT2D eigenvalue weighted by Crippen LogP contribution is -2.38. The average molecular weight is 407 g/mol. The van der Waals surface area contributed by atoms with Crippen LogP contribution >= 0.6 is 0 Å². The number of aryl methyl sites for hydroxylation is 1. The van der Waals surface area contributed by atoms with Crippen molar-refractivity contribution >= 4 is 28.8 Å². The van der Waals surface area contributed by atoms with Gasteiger partial charge in [0.1, 0.15) is 5.82 Å². The van der Waals surface area contributed by atoms with Gasteiger partial charge in [0.05, 0.1) is 31.1 Å². The molecule has 158 valence electrons. The third kappa shape index (κ3) is 3.76. The first kappa shape index (κ1) is 19.4. The van der Waals surface area contributed by atoms with Crippen LogP contribution < -0.4 is 15.1 Å². The lowest BCUT2D eigenvalue weighted by molar-refractivity contribution is -0.123. The van der Waals surface area contributed by atoms with E-state index in [4.69, 9.17) is 4.74 Å². The van der Waals surface area contributed by atoms with Gasteiger partial charge < -0.3 is 19.9 Å². The van der Waals surface area contributed by atoms with Gasteiger partial charge in [-0.2, -0.15) is 0 Å². The van der Waals surface area contributed by atoms with Crippen LogP contribution in [0.2, 0.25) is 0 Å². The number of hydrogen-bond acceptors (Lipinski definition) is 5. The van der Waals surface area contributed by atoms with Crippen LogP contribution in [0, 0.1) is 12.8 Å². The molecular weight excluding hydrogens is 376 g/mol. The number of fused-ring (bicyclic) bond motifs is 2. The van der Waals surface area contributed by atoms with Crippen molar-refractivity contribution in [3.63, 3.8) is 0 Å². The zero-order chi connectivity index (χ0) is 20.5. The highest BCUT2D eigenvalue weighted by Gasteiger charge is 2.31. The Labute approximate surface area is 178 Å². The maximum absolute atomic E-state index is 13.7. The molecule has 1 saturated carbocycles. The van der Waals surface area contributed by atoms with E-state index in [1.54, 1.807) is 0 Å². The van der Waals surface area contributed by atoms with E-state index in [1.165, 1.54) is 6.42 Å².